The maximum Gasteiger partial charge on any atom is 0.140 e. The fourth-order valence-corrected chi connectivity index (χ4v) is 4.24. The Labute approximate surface area is 134 Å². The number of hydrogen-bond donors (Lipinski definition) is 0. The standard InChI is InChI=1S/C14H16IN3OS/c1-10-4-6-20(19)7-5-18(10)14-12-8-11(15)2-3-13(12)16-9-17-14/h2-3,8-10H,4-7H2,1H3/t10-,20-/m0/s1. The summed E-state index contributed by atoms with van der Waals surface area (Å²) in [6.07, 6.45) is 2.57. The molecule has 3 rings (SSSR count). The SMILES string of the molecule is C[C@H]1CC[S@](=O)CCN1c1ncnc2ccc(I)cc12. The average Bonchev–Trinajstić information content (AvgIpc) is 2.61. The van der Waals surface area contributed by atoms with Crippen molar-refractivity contribution in [1.82, 2.24) is 9.97 Å². The van der Waals surface area contributed by atoms with Crippen molar-refractivity contribution < 1.29 is 4.21 Å². The van der Waals surface area contributed by atoms with Crippen LogP contribution in [0.3, 0.4) is 0 Å². The molecule has 2 atom stereocenters. The molecule has 1 fully saturated rings. The van der Waals surface area contributed by atoms with Crippen LogP contribution in [0.25, 0.3) is 10.9 Å². The quantitative estimate of drug-likeness (QED) is 0.690. The van der Waals surface area contributed by atoms with E-state index in [1.165, 1.54) is 3.57 Å². The van der Waals surface area contributed by atoms with Gasteiger partial charge in [0, 0.05) is 43.8 Å². The molecule has 0 spiro atoms. The number of rotatable bonds is 1. The number of halogens is 1. The molecule has 1 aliphatic heterocycles. The lowest BCUT2D eigenvalue weighted by Gasteiger charge is -2.28. The van der Waals surface area contributed by atoms with Crippen molar-refractivity contribution >= 4 is 50.1 Å². The van der Waals surface area contributed by atoms with Crippen molar-refractivity contribution in [3.63, 3.8) is 0 Å². The highest BCUT2D eigenvalue weighted by Crippen LogP contribution is 2.27. The highest BCUT2D eigenvalue weighted by Gasteiger charge is 2.22. The van der Waals surface area contributed by atoms with Crippen molar-refractivity contribution in [2.45, 2.75) is 19.4 Å². The second kappa shape index (κ2) is 5.93. The second-order valence-electron chi connectivity index (χ2n) is 5.04. The molecule has 0 radical (unpaired) electrons. The topological polar surface area (TPSA) is 46.1 Å². The van der Waals surface area contributed by atoms with Crippen molar-refractivity contribution in [1.29, 1.82) is 0 Å². The van der Waals surface area contributed by atoms with E-state index in [1.54, 1.807) is 6.33 Å². The molecule has 0 N–H and O–H groups in total. The third-order valence-corrected chi connectivity index (χ3v) is 5.70. The van der Waals surface area contributed by atoms with E-state index in [9.17, 15) is 4.21 Å². The molecule has 20 heavy (non-hydrogen) atoms. The maximum absolute atomic E-state index is 11.8. The van der Waals surface area contributed by atoms with Crippen LogP contribution >= 0.6 is 22.6 Å². The first-order chi connectivity index (χ1) is 9.65. The lowest BCUT2D eigenvalue weighted by molar-refractivity contribution is 0.639. The molecule has 1 aliphatic rings. The van der Waals surface area contributed by atoms with E-state index in [2.05, 4.69) is 56.5 Å². The van der Waals surface area contributed by atoms with Gasteiger partial charge in [-0.1, -0.05) is 0 Å². The van der Waals surface area contributed by atoms with Gasteiger partial charge in [-0.25, -0.2) is 9.97 Å². The minimum Gasteiger partial charge on any atom is -0.352 e. The molecule has 1 saturated heterocycles. The van der Waals surface area contributed by atoms with Crippen LogP contribution in [0, 0.1) is 3.57 Å². The van der Waals surface area contributed by atoms with Gasteiger partial charge in [0.05, 0.1) is 5.52 Å². The molecule has 1 aromatic heterocycles. The first-order valence-corrected chi connectivity index (χ1v) is 9.24. The van der Waals surface area contributed by atoms with Gasteiger partial charge in [-0.05, 0) is 54.1 Å². The van der Waals surface area contributed by atoms with Gasteiger partial charge in [-0.2, -0.15) is 0 Å². The van der Waals surface area contributed by atoms with Gasteiger partial charge in [0.25, 0.3) is 0 Å². The summed E-state index contributed by atoms with van der Waals surface area (Å²) in [5.41, 5.74) is 0.966. The van der Waals surface area contributed by atoms with E-state index in [0.717, 1.165) is 41.2 Å². The van der Waals surface area contributed by atoms with Gasteiger partial charge < -0.3 is 4.90 Å². The molecule has 106 valence electrons. The summed E-state index contributed by atoms with van der Waals surface area (Å²) in [6.45, 7) is 2.98. The summed E-state index contributed by atoms with van der Waals surface area (Å²) < 4.78 is 13.0. The molecule has 0 amide bonds. The smallest absolute Gasteiger partial charge is 0.140 e. The minimum atomic E-state index is -0.697. The third kappa shape index (κ3) is 2.81. The van der Waals surface area contributed by atoms with Crippen LogP contribution in [0.5, 0.6) is 0 Å². The Hall–Kier alpha value is -0.760. The maximum atomic E-state index is 11.8. The number of hydrogen-bond acceptors (Lipinski definition) is 4. The zero-order valence-corrected chi connectivity index (χ0v) is 14.2. The predicted octanol–water partition coefficient (Wildman–Crippen LogP) is 2.58. The highest BCUT2D eigenvalue weighted by atomic mass is 127. The monoisotopic (exact) mass is 401 g/mol. The van der Waals surface area contributed by atoms with Crippen LogP contribution in [-0.4, -0.2) is 38.3 Å². The largest absolute Gasteiger partial charge is 0.352 e. The molecular formula is C14H16IN3OS. The first kappa shape index (κ1) is 14.2. The summed E-state index contributed by atoms with van der Waals surface area (Å²) in [7, 11) is -0.697. The van der Waals surface area contributed by atoms with Crippen molar-refractivity contribution in [3.8, 4) is 0 Å². The number of nitrogens with zero attached hydrogens (tertiary/aromatic N) is 3. The molecule has 0 saturated carbocycles. The van der Waals surface area contributed by atoms with Crippen molar-refractivity contribution in [2.24, 2.45) is 0 Å². The third-order valence-electron chi connectivity index (χ3n) is 3.70. The molecule has 4 nitrogen and oxygen atoms in total. The van der Waals surface area contributed by atoms with E-state index in [-0.39, 0.29) is 0 Å². The normalized spacial score (nSPS) is 23.8. The number of aromatic nitrogens is 2. The predicted molar refractivity (Wildman–Crippen MR) is 91.6 cm³/mol. The molecular weight excluding hydrogens is 385 g/mol. The summed E-state index contributed by atoms with van der Waals surface area (Å²) >= 11 is 2.31. The van der Waals surface area contributed by atoms with Gasteiger partial charge in [0.1, 0.15) is 12.1 Å². The fraction of sp³-hybridized carbons (Fsp3) is 0.429. The highest BCUT2D eigenvalue weighted by molar-refractivity contribution is 14.1. The molecule has 0 unspecified atom stereocenters. The van der Waals surface area contributed by atoms with Gasteiger partial charge in [-0.15, -0.1) is 0 Å². The van der Waals surface area contributed by atoms with E-state index < -0.39 is 10.8 Å². The Balaban J connectivity index is 2.08. The number of fused-ring (bicyclic) bond motifs is 1. The lowest BCUT2D eigenvalue weighted by atomic mass is 10.1. The summed E-state index contributed by atoms with van der Waals surface area (Å²) in [6, 6.07) is 6.57. The van der Waals surface area contributed by atoms with Gasteiger partial charge in [-0.3, -0.25) is 4.21 Å². The van der Waals surface area contributed by atoms with Crippen LogP contribution in [-0.2, 0) is 10.8 Å². The summed E-state index contributed by atoms with van der Waals surface area (Å²) in [5, 5.41) is 1.08. The molecule has 2 aromatic rings. The zero-order valence-electron chi connectivity index (χ0n) is 11.3. The van der Waals surface area contributed by atoms with Gasteiger partial charge >= 0.3 is 0 Å². The second-order valence-corrected chi connectivity index (χ2v) is 7.98. The van der Waals surface area contributed by atoms with Gasteiger partial charge in [0.2, 0.25) is 0 Å². The Morgan fingerprint density at radius 3 is 3.05 bits per heavy atom. The molecule has 6 heteroatoms. The molecule has 0 bridgehead atoms. The van der Waals surface area contributed by atoms with E-state index in [0.29, 0.717) is 6.04 Å². The fourth-order valence-electron chi connectivity index (χ4n) is 2.54. The number of benzene rings is 1. The van der Waals surface area contributed by atoms with Crippen molar-refractivity contribution in [3.05, 3.63) is 28.1 Å². The van der Waals surface area contributed by atoms with E-state index >= 15 is 0 Å². The Morgan fingerprint density at radius 1 is 1.35 bits per heavy atom. The van der Waals surface area contributed by atoms with Crippen LogP contribution in [0.2, 0.25) is 0 Å². The molecule has 1 aromatic carbocycles. The molecule has 0 aliphatic carbocycles. The first-order valence-electron chi connectivity index (χ1n) is 6.67. The van der Waals surface area contributed by atoms with Crippen LogP contribution in [0.1, 0.15) is 13.3 Å². The molecule has 2 heterocycles. The Bertz CT molecular complexity index is 664. The zero-order chi connectivity index (χ0) is 14.1. The Morgan fingerprint density at radius 2 is 2.20 bits per heavy atom. The summed E-state index contributed by atoms with van der Waals surface area (Å²) in [4.78, 5) is 11.1. The lowest BCUT2D eigenvalue weighted by Crippen LogP contribution is -2.34. The van der Waals surface area contributed by atoms with Crippen LogP contribution in [0.4, 0.5) is 5.82 Å². The van der Waals surface area contributed by atoms with Crippen molar-refractivity contribution in [2.75, 3.05) is 23.0 Å². The van der Waals surface area contributed by atoms with Crippen LogP contribution in [0.15, 0.2) is 24.5 Å². The number of anilines is 1. The van der Waals surface area contributed by atoms with Crippen LogP contribution < -0.4 is 4.90 Å². The summed E-state index contributed by atoms with van der Waals surface area (Å²) in [5.74, 6) is 2.48. The van der Waals surface area contributed by atoms with Gasteiger partial charge in [0.15, 0.2) is 0 Å². The van der Waals surface area contributed by atoms with E-state index in [4.69, 9.17) is 0 Å². The van der Waals surface area contributed by atoms with E-state index in [1.807, 2.05) is 6.07 Å². The average molecular weight is 401 g/mol. The minimum absolute atomic E-state index is 0.359. The Kier molecular flexibility index (Phi) is 4.21.